The maximum absolute atomic E-state index is 11.9. The molecule has 1 N–H and O–H groups in total. The van der Waals surface area contributed by atoms with Gasteiger partial charge in [0.2, 0.25) is 11.8 Å². The SMILES string of the molecule is CSCCCCN1CCC(=O)NC(C)C1=O. The molecule has 0 bridgehead atoms. The highest BCUT2D eigenvalue weighted by Crippen LogP contribution is 2.06. The van der Waals surface area contributed by atoms with Crippen LogP contribution in [0.2, 0.25) is 0 Å². The summed E-state index contributed by atoms with van der Waals surface area (Å²) in [6, 6.07) is -0.365. The van der Waals surface area contributed by atoms with Crippen LogP contribution in [0, 0.1) is 0 Å². The van der Waals surface area contributed by atoms with Gasteiger partial charge in [0.05, 0.1) is 0 Å². The van der Waals surface area contributed by atoms with Gasteiger partial charge in [-0.25, -0.2) is 0 Å². The molecule has 0 aromatic heterocycles. The summed E-state index contributed by atoms with van der Waals surface area (Å²) in [7, 11) is 0. The quantitative estimate of drug-likeness (QED) is 0.730. The first-order valence-electron chi connectivity index (χ1n) is 5.72. The zero-order chi connectivity index (χ0) is 12.0. The Bertz CT molecular complexity index is 258. The van der Waals surface area contributed by atoms with E-state index in [0.29, 0.717) is 13.0 Å². The fourth-order valence-electron chi connectivity index (χ4n) is 1.77. The predicted molar refractivity (Wildman–Crippen MR) is 66.4 cm³/mol. The van der Waals surface area contributed by atoms with Gasteiger partial charge in [0.1, 0.15) is 6.04 Å². The molecule has 1 saturated heterocycles. The van der Waals surface area contributed by atoms with Crippen LogP contribution in [0.15, 0.2) is 0 Å². The summed E-state index contributed by atoms with van der Waals surface area (Å²) in [6.45, 7) is 3.09. The molecule has 1 fully saturated rings. The molecule has 0 aromatic rings. The number of amides is 2. The molecule has 0 radical (unpaired) electrons. The largest absolute Gasteiger partial charge is 0.345 e. The lowest BCUT2D eigenvalue weighted by Gasteiger charge is -2.22. The van der Waals surface area contributed by atoms with E-state index in [1.807, 2.05) is 16.7 Å². The highest BCUT2D eigenvalue weighted by Gasteiger charge is 2.25. The number of carbonyl (C=O) groups excluding carboxylic acids is 2. The summed E-state index contributed by atoms with van der Waals surface area (Å²) in [5, 5.41) is 2.69. The molecule has 1 aliphatic rings. The van der Waals surface area contributed by atoms with Gasteiger partial charge in [-0.2, -0.15) is 11.8 Å². The Balaban J connectivity index is 2.38. The minimum absolute atomic E-state index is 0.0209. The second kappa shape index (κ2) is 6.78. The third-order valence-electron chi connectivity index (χ3n) is 2.69. The number of hydrogen-bond donors (Lipinski definition) is 1. The Hall–Kier alpha value is -0.710. The first-order chi connectivity index (χ1) is 7.65. The van der Waals surface area contributed by atoms with Crippen molar-refractivity contribution in [3.8, 4) is 0 Å². The lowest BCUT2D eigenvalue weighted by molar-refractivity contribution is -0.133. The molecule has 1 unspecified atom stereocenters. The van der Waals surface area contributed by atoms with Gasteiger partial charge in [-0.05, 0) is 31.8 Å². The lowest BCUT2D eigenvalue weighted by atomic mass is 10.2. The Morgan fingerprint density at radius 1 is 1.44 bits per heavy atom. The van der Waals surface area contributed by atoms with Crippen LogP contribution in [-0.2, 0) is 9.59 Å². The number of nitrogens with one attached hydrogen (secondary N) is 1. The highest BCUT2D eigenvalue weighted by molar-refractivity contribution is 7.98. The zero-order valence-electron chi connectivity index (χ0n) is 9.99. The van der Waals surface area contributed by atoms with Gasteiger partial charge in [-0.1, -0.05) is 0 Å². The van der Waals surface area contributed by atoms with Crippen LogP contribution in [0.25, 0.3) is 0 Å². The molecule has 1 atom stereocenters. The van der Waals surface area contributed by atoms with E-state index in [9.17, 15) is 9.59 Å². The summed E-state index contributed by atoms with van der Waals surface area (Å²) in [6.07, 6.45) is 4.66. The predicted octanol–water partition coefficient (Wildman–Crippen LogP) is 0.867. The van der Waals surface area contributed by atoms with Crippen molar-refractivity contribution >= 4 is 23.6 Å². The molecule has 4 nitrogen and oxygen atoms in total. The van der Waals surface area contributed by atoms with E-state index in [2.05, 4.69) is 11.6 Å². The number of nitrogens with zero attached hydrogens (tertiary/aromatic N) is 1. The van der Waals surface area contributed by atoms with Gasteiger partial charge in [0.15, 0.2) is 0 Å². The molecule has 1 rings (SSSR count). The van der Waals surface area contributed by atoms with Crippen LogP contribution in [-0.4, -0.2) is 47.9 Å². The Kier molecular flexibility index (Phi) is 5.66. The summed E-state index contributed by atoms with van der Waals surface area (Å²) < 4.78 is 0. The number of carbonyl (C=O) groups is 2. The monoisotopic (exact) mass is 244 g/mol. The van der Waals surface area contributed by atoms with Crippen LogP contribution in [0.4, 0.5) is 0 Å². The van der Waals surface area contributed by atoms with Gasteiger partial charge < -0.3 is 10.2 Å². The van der Waals surface area contributed by atoms with Gasteiger partial charge in [-0.3, -0.25) is 9.59 Å². The average Bonchev–Trinajstić information content (AvgIpc) is 2.37. The van der Waals surface area contributed by atoms with Crippen molar-refractivity contribution in [2.45, 2.75) is 32.2 Å². The van der Waals surface area contributed by atoms with Crippen molar-refractivity contribution in [1.29, 1.82) is 0 Å². The second-order valence-corrected chi connectivity index (χ2v) is 5.05. The van der Waals surface area contributed by atoms with Crippen molar-refractivity contribution in [2.24, 2.45) is 0 Å². The Labute approximate surface area is 101 Å². The van der Waals surface area contributed by atoms with Crippen LogP contribution < -0.4 is 5.32 Å². The minimum Gasteiger partial charge on any atom is -0.345 e. The topological polar surface area (TPSA) is 49.4 Å². The van der Waals surface area contributed by atoms with Crippen LogP contribution >= 0.6 is 11.8 Å². The highest BCUT2D eigenvalue weighted by atomic mass is 32.2. The number of rotatable bonds is 5. The summed E-state index contributed by atoms with van der Waals surface area (Å²) in [4.78, 5) is 24.9. The molecule has 2 amide bonds. The number of unbranched alkanes of at least 4 members (excludes halogenated alkanes) is 1. The molecule has 0 aromatic carbocycles. The van der Waals surface area contributed by atoms with Crippen LogP contribution in [0.3, 0.4) is 0 Å². The molecule has 1 aliphatic heterocycles. The van der Waals surface area contributed by atoms with Crippen molar-refractivity contribution in [2.75, 3.05) is 25.1 Å². The van der Waals surface area contributed by atoms with Crippen LogP contribution in [0.1, 0.15) is 26.2 Å². The molecular weight excluding hydrogens is 224 g/mol. The first-order valence-corrected chi connectivity index (χ1v) is 7.11. The van der Waals surface area contributed by atoms with Crippen molar-refractivity contribution in [1.82, 2.24) is 10.2 Å². The number of hydrogen-bond acceptors (Lipinski definition) is 3. The fourth-order valence-corrected chi connectivity index (χ4v) is 2.26. The molecular formula is C11H20N2O2S. The van der Waals surface area contributed by atoms with Gasteiger partial charge in [0.25, 0.3) is 0 Å². The third kappa shape index (κ3) is 4.04. The molecule has 5 heteroatoms. The average molecular weight is 244 g/mol. The summed E-state index contributed by atoms with van der Waals surface area (Å²) in [5.74, 6) is 1.16. The van der Waals surface area contributed by atoms with E-state index in [0.717, 1.165) is 25.1 Å². The fraction of sp³-hybridized carbons (Fsp3) is 0.818. The normalized spacial score (nSPS) is 21.9. The smallest absolute Gasteiger partial charge is 0.244 e. The molecule has 0 aliphatic carbocycles. The third-order valence-corrected chi connectivity index (χ3v) is 3.39. The van der Waals surface area contributed by atoms with E-state index in [4.69, 9.17) is 0 Å². The van der Waals surface area contributed by atoms with Crippen LogP contribution in [0.5, 0.6) is 0 Å². The maximum Gasteiger partial charge on any atom is 0.244 e. The lowest BCUT2D eigenvalue weighted by Crippen LogP contribution is -2.42. The minimum atomic E-state index is -0.365. The van der Waals surface area contributed by atoms with Gasteiger partial charge in [0, 0.05) is 19.5 Å². The van der Waals surface area contributed by atoms with Crippen molar-refractivity contribution < 1.29 is 9.59 Å². The summed E-state index contributed by atoms with van der Waals surface area (Å²) in [5.41, 5.74) is 0. The van der Waals surface area contributed by atoms with Crippen molar-refractivity contribution in [3.05, 3.63) is 0 Å². The zero-order valence-corrected chi connectivity index (χ0v) is 10.8. The Morgan fingerprint density at radius 3 is 2.88 bits per heavy atom. The van der Waals surface area contributed by atoms with E-state index in [-0.39, 0.29) is 17.9 Å². The van der Waals surface area contributed by atoms with E-state index >= 15 is 0 Å². The van der Waals surface area contributed by atoms with E-state index < -0.39 is 0 Å². The van der Waals surface area contributed by atoms with E-state index in [1.165, 1.54) is 0 Å². The van der Waals surface area contributed by atoms with Gasteiger partial charge >= 0.3 is 0 Å². The Morgan fingerprint density at radius 2 is 2.19 bits per heavy atom. The molecule has 16 heavy (non-hydrogen) atoms. The number of thioether (sulfide) groups is 1. The maximum atomic E-state index is 11.9. The molecule has 1 heterocycles. The standard InChI is InChI=1S/C11H20N2O2S/c1-9-11(15)13(6-3-4-8-16-2)7-5-10(14)12-9/h9H,3-8H2,1-2H3,(H,12,14). The van der Waals surface area contributed by atoms with Crippen molar-refractivity contribution in [3.63, 3.8) is 0 Å². The second-order valence-electron chi connectivity index (χ2n) is 4.06. The van der Waals surface area contributed by atoms with Gasteiger partial charge in [-0.15, -0.1) is 0 Å². The molecule has 0 saturated carbocycles. The molecule has 92 valence electrons. The molecule has 0 spiro atoms. The summed E-state index contributed by atoms with van der Waals surface area (Å²) >= 11 is 1.82. The van der Waals surface area contributed by atoms with E-state index in [1.54, 1.807) is 6.92 Å². The first kappa shape index (κ1) is 13.4.